The summed E-state index contributed by atoms with van der Waals surface area (Å²) in [6.45, 7) is 0.331. The number of carbonyl (C=O) groups excluding carboxylic acids is 3. The van der Waals surface area contributed by atoms with Crippen LogP contribution in [-0.4, -0.2) is 80.4 Å². The number of anilines is 1. The van der Waals surface area contributed by atoms with E-state index < -0.39 is 23.7 Å². The minimum absolute atomic E-state index is 0.0235. The van der Waals surface area contributed by atoms with Crippen LogP contribution in [0.25, 0.3) is 5.69 Å². The number of amides is 3. The van der Waals surface area contributed by atoms with Crippen LogP contribution in [0.5, 0.6) is 5.75 Å². The van der Waals surface area contributed by atoms with Crippen molar-refractivity contribution in [2.45, 2.75) is 12.6 Å². The lowest BCUT2D eigenvalue weighted by Gasteiger charge is -2.28. The van der Waals surface area contributed by atoms with Gasteiger partial charge < -0.3 is 24.6 Å². The molecule has 1 N–H and O–H groups in total. The fourth-order valence-electron chi connectivity index (χ4n) is 4.42. The number of fused-ring (bicyclic) bond motifs is 1. The van der Waals surface area contributed by atoms with Gasteiger partial charge in [0.05, 0.1) is 25.0 Å². The topological polar surface area (TPSA) is 106 Å². The second-order valence-electron chi connectivity index (χ2n) is 9.17. The average molecular weight is 560 g/mol. The largest absolute Gasteiger partial charge is 0.497 e. The molecule has 3 aromatic rings. The van der Waals surface area contributed by atoms with Crippen LogP contribution in [0.1, 0.15) is 42.5 Å². The maximum atomic E-state index is 14.1. The van der Waals surface area contributed by atoms with E-state index in [1.807, 2.05) is 0 Å². The van der Waals surface area contributed by atoms with Crippen LogP contribution in [0.2, 0.25) is 0 Å². The van der Waals surface area contributed by atoms with Crippen molar-refractivity contribution in [3.8, 4) is 11.4 Å². The molecule has 10 nitrogen and oxygen atoms in total. The SMILES string of the molecule is COCCNC(=O)c1cc(OC)ccc1-n1nc(C(F)(F)F)c2c1C(=O)N(c1ccc(C(=O)N(C)C)cc1)CC2. The molecule has 0 radical (unpaired) electrons. The molecule has 2 heterocycles. The molecule has 0 aliphatic carbocycles. The summed E-state index contributed by atoms with van der Waals surface area (Å²) in [6, 6.07) is 10.4. The molecule has 40 heavy (non-hydrogen) atoms. The Labute approximate surface area is 228 Å². The van der Waals surface area contributed by atoms with Gasteiger partial charge in [-0.3, -0.25) is 14.4 Å². The first kappa shape index (κ1) is 28.6. The molecule has 2 aromatic carbocycles. The van der Waals surface area contributed by atoms with Crippen LogP contribution in [0, 0.1) is 0 Å². The number of ether oxygens (including phenoxy) is 2. The number of hydrogen-bond acceptors (Lipinski definition) is 6. The Morgan fingerprint density at radius 2 is 1.80 bits per heavy atom. The summed E-state index contributed by atoms with van der Waals surface area (Å²) >= 11 is 0. The van der Waals surface area contributed by atoms with E-state index in [4.69, 9.17) is 9.47 Å². The van der Waals surface area contributed by atoms with Gasteiger partial charge in [-0.15, -0.1) is 0 Å². The fourth-order valence-corrected chi connectivity index (χ4v) is 4.42. The Kier molecular flexibility index (Phi) is 8.14. The van der Waals surface area contributed by atoms with E-state index in [-0.39, 0.29) is 60.3 Å². The molecule has 0 spiro atoms. The van der Waals surface area contributed by atoms with Crippen molar-refractivity contribution in [1.82, 2.24) is 20.0 Å². The van der Waals surface area contributed by atoms with Crippen molar-refractivity contribution in [1.29, 1.82) is 0 Å². The highest BCUT2D eigenvalue weighted by molar-refractivity contribution is 6.08. The van der Waals surface area contributed by atoms with E-state index in [1.54, 1.807) is 38.4 Å². The lowest BCUT2D eigenvalue weighted by molar-refractivity contribution is -0.141. The zero-order valence-corrected chi connectivity index (χ0v) is 22.3. The first-order chi connectivity index (χ1) is 19.0. The number of aromatic nitrogens is 2. The smallest absolute Gasteiger partial charge is 0.435 e. The van der Waals surface area contributed by atoms with Gasteiger partial charge in [0, 0.05) is 51.1 Å². The average Bonchev–Trinajstić information content (AvgIpc) is 3.34. The number of nitrogens with zero attached hydrogens (tertiary/aromatic N) is 4. The molecule has 0 fully saturated rings. The molecule has 212 valence electrons. The molecule has 0 saturated heterocycles. The van der Waals surface area contributed by atoms with E-state index in [9.17, 15) is 27.6 Å². The Hall–Kier alpha value is -4.39. The third-order valence-electron chi connectivity index (χ3n) is 6.39. The molecular formula is C27H28F3N5O5. The number of carbonyl (C=O) groups is 3. The molecule has 13 heteroatoms. The zero-order chi connectivity index (χ0) is 29.2. The van der Waals surface area contributed by atoms with E-state index in [0.29, 0.717) is 11.3 Å². The van der Waals surface area contributed by atoms with Crippen LogP contribution in [0.4, 0.5) is 18.9 Å². The van der Waals surface area contributed by atoms with Crippen molar-refractivity contribution in [2.24, 2.45) is 0 Å². The first-order valence-corrected chi connectivity index (χ1v) is 12.3. The predicted molar refractivity (Wildman–Crippen MR) is 139 cm³/mol. The number of rotatable bonds is 8. The highest BCUT2D eigenvalue weighted by Gasteiger charge is 2.43. The lowest BCUT2D eigenvalue weighted by atomic mass is 10.0. The van der Waals surface area contributed by atoms with Gasteiger partial charge in [-0.1, -0.05) is 0 Å². The fraction of sp³-hybridized carbons (Fsp3) is 0.333. The van der Waals surface area contributed by atoms with Gasteiger partial charge in [-0.05, 0) is 48.9 Å². The minimum Gasteiger partial charge on any atom is -0.497 e. The highest BCUT2D eigenvalue weighted by atomic mass is 19.4. The number of nitrogens with one attached hydrogen (secondary N) is 1. The van der Waals surface area contributed by atoms with Gasteiger partial charge in [0.25, 0.3) is 17.7 Å². The van der Waals surface area contributed by atoms with Crippen LogP contribution < -0.4 is 15.0 Å². The molecule has 0 unspecified atom stereocenters. The number of hydrogen-bond donors (Lipinski definition) is 1. The van der Waals surface area contributed by atoms with Gasteiger partial charge in [0.1, 0.15) is 11.4 Å². The summed E-state index contributed by atoms with van der Waals surface area (Å²) in [5, 5.41) is 6.45. The second-order valence-corrected chi connectivity index (χ2v) is 9.17. The lowest BCUT2D eigenvalue weighted by Crippen LogP contribution is -2.39. The van der Waals surface area contributed by atoms with E-state index in [2.05, 4.69) is 10.4 Å². The third kappa shape index (κ3) is 5.50. The standard InChI is InChI=1S/C27H28F3N5O5/c1-33(2)25(37)16-5-7-17(8-6-16)34-13-11-19-22(26(34)38)35(32-23(19)27(28,29)30)21-10-9-18(40-4)15-20(21)24(36)31-12-14-39-3/h5-10,15H,11-14H2,1-4H3,(H,31,36). The molecule has 1 aromatic heterocycles. The van der Waals surface area contributed by atoms with E-state index in [1.165, 1.54) is 42.2 Å². The van der Waals surface area contributed by atoms with Crippen LogP contribution in [0.3, 0.4) is 0 Å². The van der Waals surface area contributed by atoms with Gasteiger partial charge in [0.15, 0.2) is 5.69 Å². The Bertz CT molecular complexity index is 1430. The Balaban J connectivity index is 1.82. The molecule has 3 amide bonds. The van der Waals surface area contributed by atoms with Gasteiger partial charge in [-0.2, -0.15) is 18.3 Å². The molecule has 1 aliphatic heterocycles. The third-order valence-corrected chi connectivity index (χ3v) is 6.39. The van der Waals surface area contributed by atoms with Crippen molar-refractivity contribution in [3.05, 3.63) is 70.5 Å². The summed E-state index contributed by atoms with van der Waals surface area (Å²) in [5.41, 5.74) is -1.01. The summed E-state index contributed by atoms with van der Waals surface area (Å²) in [5.74, 6) is -1.27. The van der Waals surface area contributed by atoms with Gasteiger partial charge in [-0.25, -0.2) is 4.68 Å². The summed E-state index contributed by atoms with van der Waals surface area (Å²) < 4.78 is 53.3. The number of halogens is 3. The van der Waals surface area contributed by atoms with Crippen molar-refractivity contribution < 1.29 is 37.0 Å². The van der Waals surface area contributed by atoms with Crippen LogP contribution in [-0.2, 0) is 17.3 Å². The van der Waals surface area contributed by atoms with Crippen LogP contribution in [0.15, 0.2) is 42.5 Å². The minimum atomic E-state index is -4.83. The van der Waals surface area contributed by atoms with Crippen LogP contribution >= 0.6 is 0 Å². The van der Waals surface area contributed by atoms with Crippen molar-refractivity contribution in [2.75, 3.05) is 52.9 Å². The molecule has 4 rings (SSSR count). The Morgan fingerprint density at radius 3 is 2.40 bits per heavy atom. The number of alkyl halides is 3. The predicted octanol–water partition coefficient (Wildman–Crippen LogP) is 3.18. The summed E-state index contributed by atoms with van der Waals surface area (Å²) in [4.78, 5) is 41.8. The number of benzene rings is 2. The number of methoxy groups -OCH3 is 2. The molecular weight excluding hydrogens is 531 g/mol. The van der Waals surface area contributed by atoms with Gasteiger partial charge in [0.2, 0.25) is 0 Å². The van der Waals surface area contributed by atoms with Crippen molar-refractivity contribution >= 4 is 23.4 Å². The Morgan fingerprint density at radius 1 is 1.10 bits per heavy atom. The maximum Gasteiger partial charge on any atom is 0.435 e. The highest BCUT2D eigenvalue weighted by Crippen LogP contribution is 2.38. The van der Waals surface area contributed by atoms with Gasteiger partial charge >= 0.3 is 6.18 Å². The molecule has 1 aliphatic rings. The molecule has 0 atom stereocenters. The monoisotopic (exact) mass is 559 g/mol. The first-order valence-electron chi connectivity index (χ1n) is 12.3. The molecule has 0 bridgehead atoms. The zero-order valence-electron chi connectivity index (χ0n) is 22.3. The summed E-state index contributed by atoms with van der Waals surface area (Å²) in [6.07, 6.45) is -4.96. The maximum absolute atomic E-state index is 14.1. The molecule has 0 saturated carbocycles. The quantitative estimate of drug-likeness (QED) is 0.425. The van der Waals surface area contributed by atoms with E-state index >= 15 is 0 Å². The summed E-state index contributed by atoms with van der Waals surface area (Å²) in [7, 11) is 6.06. The van der Waals surface area contributed by atoms with Crippen molar-refractivity contribution in [3.63, 3.8) is 0 Å². The normalized spacial score (nSPS) is 13.2. The second kappa shape index (κ2) is 11.4. The van der Waals surface area contributed by atoms with E-state index in [0.717, 1.165) is 4.68 Å².